The van der Waals surface area contributed by atoms with Crippen molar-refractivity contribution in [1.29, 1.82) is 0 Å². The summed E-state index contributed by atoms with van der Waals surface area (Å²) < 4.78 is 16.4. The number of ether oxygens (including phenoxy) is 3. The van der Waals surface area contributed by atoms with Gasteiger partial charge in [-0.25, -0.2) is 0 Å². The van der Waals surface area contributed by atoms with Crippen molar-refractivity contribution in [3.05, 3.63) is 42.2 Å². The van der Waals surface area contributed by atoms with Gasteiger partial charge in [0.2, 0.25) is 0 Å². The Labute approximate surface area is 163 Å². The highest BCUT2D eigenvalue weighted by Gasteiger charge is 2.14. The number of carbonyl (C=O) groups is 1. The Hall–Kier alpha value is -2.84. The average molecular weight is 384 g/mol. The molecule has 2 aliphatic rings. The summed E-state index contributed by atoms with van der Waals surface area (Å²) in [5.41, 5.74) is 1.97. The van der Waals surface area contributed by atoms with Crippen LogP contribution in [0.1, 0.15) is 10.4 Å². The molecule has 0 bridgehead atoms. The molecule has 148 valence electrons. The zero-order chi connectivity index (χ0) is 19.2. The van der Waals surface area contributed by atoms with E-state index in [1.807, 2.05) is 0 Å². The molecule has 1 amide bonds. The largest absolute Gasteiger partial charge is 0.486 e. The van der Waals surface area contributed by atoms with Crippen molar-refractivity contribution >= 4 is 17.3 Å². The lowest BCUT2D eigenvalue weighted by Gasteiger charge is -2.26. The topological polar surface area (TPSA) is 85.0 Å². The van der Waals surface area contributed by atoms with Crippen LogP contribution in [0, 0.1) is 0 Å². The maximum absolute atomic E-state index is 12.6. The third kappa shape index (κ3) is 4.71. The number of rotatable bonds is 6. The van der Waals surface area contributed by atoms with Crippen LogP contribution in [-0.4, -0.2) is 68.4 Å². The summed E-state index contributed by atoms with van der Waals surface area (Å²) in [5, 5.41) is 6.21. The predicted octanol–water partition coefficient (Wildman–Crippen LogP) is 1.85. The monoisotopic (exact) mass is 384 g/mol. The second kappa shape index (κ2) is 8.90. The number of hydrogen-bond donors (Lipinski definition) is 2. The smallest absolute Gasteiger partial charge is 0.257 e. The number of carbonyl (C=O) groups excluding carboxylic acids is 1. The van der Waals surface area contributed by atoms with Crippen molar-refractivity contribution in [2.24, 2.45) is 0 Å². The van der Waals surface area contributed by atoms with Gasteiger partial charge in [-0.15, -0.1) is 0 Å². The van der Waals surface area contributed by atoms with Crippen LogP contribution in [0.5, 0.6) is 11.5 Å². The van der Waals surface area contributed by atoms with E-state index in [0.29, 0.717) is 36.0 Å². The maximum Gasteiger partial charge on any atom is 0.257 e. The van der Waals surface area contributed by atoms with E-state index in [9.17, 15) is 4.79 Å². The quantitative estimate of drug-likeness (QED) is 0.786. The van der Waals surface area contributed by atoms with Gasteiger partial charge in [-0.3, -0.25) is 14.7 Å². The molecular formula is C20H24N4O4. The van der Waals surface area contributed by atoms with Crippen LogP contribution in [0.2, 0.25) is 0 Å². The average Bonchev–Trinajstić information content (AvgIpc) is 2.75. The number of morpholine rings is 1. The van der Waals surface area contributed by atoms with Crippen LogP contribution in [0.25, 0.3) is 0 Å². The predicted molar refractivity (Wildman–Crippen MR) is 105 cm³/mol. The summed E-state index contributed by atoms with van der Waals surface area (Å²) >= 11 is 0. The maximum atomic E-state index is 12.6. The third-order valence-corrected chi connectivity index (χ3v) is 4.66. The molecule has 2 N–H and O–H groups in total. The first-order valence-electron chi connectivity index (χ1n) is 9.48. The van der Waals surface area contributed by atoms with E-state index in [0.717, 1.165) is 45.1 Å². The minimum absolute atomic E-state index is 0.221. The summed E-state index contributed by atoms with van der Waals surface area (Å²) in [5.74, 6) is 1.11. The minimum atomic E-state index is -0.221. The number of amides is 1. The van der Waals surface area contributed by atoms with Gasteiger partial charge in [-0.05, 0) is 18.2 Å². The molecule has 3 heterocycles. The highest BCUT2D eigenvalue weighted by Crippen LogP contribution is 2.32. The summed E-state index contributed by atoms with van der Waals surface area (Å²) in [6, 6.07) is 7.17. The van der Waals surface area contributed by atoms with E-state index in [4.69, 9.17) is 14.2 Å². The molecule has 0 aliphatic carbocycles. The lowest BCUT2D eigenvalue weighted by molar-refractivity contribution is 0.0398. The molecule has 4 rings (SSSR count). The first-order chi connectivity index (χ1) is 13.8. The number of benzene rings is 1. The molecule has 1 fully saturated rings. The van der Waals surface area contributed by atoms with Crippen LogP contribution in [0.3, 0.4) is 0 Å². The van der Waals surface area contributed by atoms with Gasteiger partial charge < -0.3 is 24.8 Å². The molecule has 1 aromatic heterocycles. The van der Waals surface area contributed by atoms with Gasteiger partial charge in [0.05, 0.1) is 24.5 Å². The number of nitrogens with one attached hydrogen (secondary N) is 2. The van der Waals surface area contributed by atoms with Crippen LogP contribution < -0.4 is 20.1 Å². The second-order valence-corrected chi connectivity index (χ2v) is 6.66. The molecule has 0 unspecified atom stereocenters. The van der Waals surface area contributed by atoms with Gasteiger partial charge in [0.25, 0.3) is 5.91 Å². The van der Waals surface area contributed by atoms with Crippen LogP contribution in [-0.2, 0) is 4.74 Å². The Balaban J connectivity index is 1.33. The summed E-state index contributed by atoms with van der Waals surface area (Å²) in [6.45, 7) is 6.25. The molecule has 1 aromatic carbocycles. The van der Waals surface area contributed by atoms with Gasteiger partial charge in [-0.1, -0.05) is 0 Å². The number of hydrogen-bond acceptors (Lipinski definition) is 7. The first kappa shape index (κ1) is 18.5. The molecule has 28 heavy (non-hydrogen) atoms. The fraction of sp³-hybridized carbons (Fsp3) is 0.400. The lowest BCUT2D eigenvalue weighted by atomic mass is 10.2. The van der Waals surface area contributed by atoms with Crippen molar-refractivity contribution in [1.82, 2.24) is 9.88 Å². The molecule has 8 heteroatoms. The van der Waals surface area contributed by atoms with E-state index in [-0.39, 0.29) is 5.91 Å². The van der Waals surface area contributed by atoms with Crippen molar-refractivity contribution in [3.8, 4) is 11.5 Å². The van der Waals surface area contributed by atoms with Crippen molar-refractivity contribution < 1.29 is 19.0 Å². The normalized spacial score (nSPS) is 16.4. The molecule has 0 radical (unpaired) electrons. The molecule has 0 saturated carbocycles. The zero-order valence-electron chi connectivity index (χ0n) is 15.6. The van der Waals surface area contributed by atoms with Crippen molar-refractivity contribution in [3.63, 3.8) is 0 Å². The van der Waals surface area contributed by atoms with E-state index < -0.39 is 0 Å². The van der Waals surface area contributed by atoms with Crippen LogP contribution >= 0.6 is 0 Å². The SMILES string of the molecule is O=C(Nc1ccc2c(c1)OCCO2)c1cncc(NCCN2CCOCC2)c1. The molecule has 0 spiro atoms. The van der Waals surface area contributed by atoms with E-state index >= 15 is 0 Å². The summed E-state index contributed by atoms with van der Waals surface area (Å²) in [6.07, 6.45) is 3.28. The first-order valence-corrected chi connectivity index (χ1v) is 9.48. The summed E-state index contributed by atoms with van der Waals surface area (Å²) in [7, 11) is 0. The second-order valence-electron chi connectivity index (χ2n) is 6.66. The van der Waals surface area contributed by atoms with E-state index in [1.54, 1.807) is 36.7 Å². The Morgan fingerprint density at radius 3 is 2.68 bits per heavy atom. The fourth-order valence-electron chi connectivity index (χ4n) is 3.17. The zero-order valence-corrected chi connectivity index (χ0v) is 15.6. The number of fused-ring (bicyclic) bond motifs is 1. The Morgan fingerprint density at radius 2 is 1.82 bits per heavy atom. The van der Waals surface area contributed by atoms with E-state index in [1.165, 1.54) is 0 Å². The van der Waals surface area contributed by atoms with Crippen molar-refractivity contribution in [2.75, 3.05) is 63.2 Å². The Kier molecular flexibility index (Phi) is 5.89. The number of anilines is 2. The van der Waals surface area contributed by atoms with E-state index in [2.05, 4.69) is 20.5 Å². The third-order valence-electron chi connectivity index (χ3n) is 4.66. The number of pyridine rings is 1. The summed E-state index contributed by atoms with van der Waals surface area (Å²) in [4.78, 5) is 19.1. The molecule has 1 saturated heterocycles. The Morgan fingerprint density at radius 1 is 1.00 bits per heavy atom. The van der Waals surface area contributed by atoms with Crippen LogP contribution in [0.15, 0.2) is 36.7 Å². The Bertz CT molecular complexity index is 824. The molecule has 0 atom stereocenters. The lowest BCUT2D eigenvalue weighted by Crippen LogP contribution is -2.39. The van der Waals surface area contributed by atoms with Gasteiger partial charge in [0.15, 0.2) is 11.5 Å². The minimum Gasteiger partial charge on any atom is -0.486 e. The highest BCUT2D eigenvalue weighted by atomic mass is 16.6. The highest BCUT2D eigenvalue weighted by molar-refractivity contribution is 6.04. The van der Waals surface area contributed by atoms with Crippen LogP contribution in [0.4, 0.5) is 11.4 Å². The standard InChI is InChI=1S/C20H24N4O4/c25-20(23-16-1-2-18-19(12-16)28-10-9-27-18)15-11-17(14-21-13-15)22-3-4-24-5-7-26-8-6-24/h1-2,11-14,22H,3-10H2,(H,23,25). The van der Waals surface area contributed by atoms with Gasteiger partial charge in [0.1, 0.15) is 13.2 Å². The molecule has 8 nitrogen and oxygen atoms in total. The molecule has 2 aromatic rings. The van der Waals surface area contributed by atoms with Crippen molar-refractivity contribution in [2.45, 2.75) is 0 Å². The molecular weight excluding hydrogens is 360 g/mol. The van der Waals surface area contributed by atoms with Gasteiger partial charge in [0, 0.05) is 50.3 Å². The fourth-order valence-corrected chi connectivity index (χ4v) is 3.17. The van der Waals surface area contributed by atoms with Gasteiger partial charge >= 0.3 is 0 Å². The number of nitrogens with zero attached hydrogens (tertiary/aromatic N) is 2. The number of aromatic nitrogens is 1. The van der Waals surface area contributed by atoms with Gasteiger partial charge in [-0.2, -0.15) is 0 Å². The molecule has 2 aliphatic heterocycles.